The molecule has 0 saturated carbocycles. The van der Waals surface area contributed by atoms with Crippen LogP contribution in [0.1, 0.15) is 5.56 Å². The van der Waals surface area contributed by atoms with Gasteiger partial charge < -0.3 is 10.4 Å². The Morgan fingerprint density at radius 1 is 1.50 bits per heavy atom. The standard InChI is InChI=1S/C11H10ClNO2S/c12-9-6-7(1-3-13-11(14)15)5-8-2-4-16-10(8)9/h2,4-6,13H,1,3H2,(H,14,15). The SMILES string of the molecule is O=C(O)NCCc1cc(Cl)c2sccc2c1. The molecule has 5 heteroatoms. The third kappa shape index (κ3) is 2.46. The van der Waals surface area contributed by atoms with Crippen molar-refractivity contribution in [1.29, 1.82) is 0 Å². The van der Waals surface area contributed by atoms with E-state index >= 15 is 0 Å². The lowest BCUT2D eigenvalue weighted by Gasteiger charge is -2.03. The Morgan fingerprint density at radius 2 is 2.31 bits per heavy atom. The van der Waals surface area contributed by atoms with Crippen molar-refractivity contribution in [2.24, 2.45) is 0 Å². The molecule has 1 amide bonds. The molecule has 16 heavy (non-hydrogen) atoms. The van der Waals surface area contributed by atoms with Gasteiger partial charge in [0.15, 0.2) is 0 Å². The molecular formula is C11H10ClNO2S. The first-order chi connectivity index (χ1) is 7.66. The van der Waals surface area contributed by atoms with Crippen LogP contribution in [0.3, 0.4) is 0 Å². The van der Waals surface area contributed by atoms with Crippen LogP contribution in [0, 0.1) is 0 Å². The summed E-state index contributed by atoms with van der Waals surface area (Å²) in [6.07, 6.45) is -0.347. The molecule has 2 N–H and O–H groups in total. The minimum Gasteiger partial charge on any atom is -0.465 e. The van der Waals surface area contributed by atoms with Crippen molar-refractivity contribution in [1.82, 2.24) is 5.32 Å². The third-order valence-corrected chi connectivity index (χ3v) is 3.63. The summed E-state index contributed by atoms with van der Waals surface area (Å²) < 4.78 is 1.08. The molecule has 0 aliphatic heterocycles. The Morgan fingerprint density at radius 3 is 3.06 bits per heavy atom. The van der Waals surface area contributed by atoms with Gasteiger partial charge in [0.1, 0.15) is 0 Å². The number of fused-ring (bicyclic) bond motifs is 1. The summed E-state index contributed by atoms with van der Waals surface area (Å²) in [5.41, 5.74) is 1.05. The quantitative estimate of drug-likeness (QED) is 0.884. The van der Waals surface area contributed by atoms with Crippen LogP contribution in [0.2, 0.25) is 5.02 Å². The van der Waals surface area contributed by atoms with Gasteiger partial charge in [0.25, 0.3) is 0 Å². The maximum atomic E-state index is 10.3. The maximum Gasteiger partial charge on any atom is 0.404 e. The van der Waals surface area contributed by atoms with Gasteiger partial charge in [-0.15, -0.1) is 11.3 Å². The Bertz CT molecular complexity index is 524. The largest absolute Gasteiger partial charge is 0.465 e. The highest BCUT2D eigenvalue weighted by Crippen LogP contribution is 2.30. The van der Waals surface area contributed by atoms with Crippen molar-refractivity contribution in [3.05, 3.63) is 34.2 Å². The summed E-state index contributed by atoms with van der Waals surface area (Å²) in [6, 6.07) is 5.95. The number of halogens is 1. The highest BCUT2D eigenvalue weighted by Gasteiger charge is 2.04. The number of hydrogen-bond donors (Lipinski definition) is 2. The highest BCUT2D eigenvalue weighted by atomic mass is 35.5. The monoisotopic (exact) mass is 255 g/mol. The zero-order chi connectivity index (χ0) is 11.5. The van der Waals surface area contributed by atoms with E-state index in [1.54, 1.807) is 11.3 Å². The Balaban J connectivity index is 2.15. The van der Waals surface area contributed by atoms with Gasteiger partial charge >= 0.3 is 6.09 Å². The van der Waals surface area contributed by atoms with Crippen LogP contribution >= 0.6 is 22.9 Å². The number of thiophene rings is 1. The first-order valence-corrected chi connectivity index (χ1v) is 6.05. The smallest absolute Gasteiger partial charge is 0.404 e. The molecule has 0 fully saturated rings. The lowest BCUT2D eigenvalue weighted by atomic mass is 10.1. The summed E-state index contributed by atoms with van der Waals surface area (Å²) >= 11 is 7.73. The van der Waals surface area contributed by atoms with Crippen molar-refractivity contribution in [2.75, 3.05) is 6.54 Å². The molecule has 1 heterocycles. The number of carbonyl (C=O) groups is 1. The van der Waals surface area contributed by atoms with E-state index in [1.807, 2.05) is 23.6 Å². The maximum absolute atomic E-state index is 10.3. The number of amides is 1. The van der Waals surface area contributed by atoms with E-state index in [1.165, 1.54) is 0 Å². The molecule has 2 rings (SSSR count). The average Bonchev–Trinajstić information content (AvgIpc) is 2.65. The molecule has 2 aromatic rings. The molecule has 0 atom stereocenters. The molecule has 0 bridgehead atoms. The summed E-state index contributed by atoms with van der Waals surface area (Å²) in [5.74, 6) is 0. The summed E-state index contributed by atoms with van der Waals surface area (Å²) in [7, 11) is 0. The summed E-state index contributed by atoms with van der Waals surface area (Å²) in [4.78, 5) is 10.3. The first-order valence-electron chi connectivity index (χ1n) is 4.79. The first kappa shape index (κ1) is 11.2. The van der Waals surface area contributed by atoms with Crippen molar-refractivity contribution in [3.63, 3.8) is 0 Å². The second-order valence-corrected chi connectivity index (χ2v) is 4.72. The number of benzene rings is 1. The van der Waals surface area contributed by atoms with Gasteiger partial charge in [-0.2, -0.15) is 0 Å². The van der Waals surface area contributed by atoms with Crippen LogP contribution < -0.4 is 5.32 Å². The van der Waals surface area contributed by atoms with Crippen LogP contribution in [0.4, 0.5) is 4.79 Å². The van der Waals surface area contributed by atoms with Crippen molar-refractivity contribution >= 4 is 39.1 Å². The molecule has 84 valence electrons. The van der Waals surface area contributed by atoms with Gasteiger partial charge in [-0.25, -0.2) is 4.79 Å². The zero-order valence-corrected chi connectivity index (χ0v) is 9.94. The normalized spacial score (nSPS) is 10.6. The Labute approximate surface area is 102 Å². The summed E-state index contributed by atoms with van der Waals surface area (Å²) in [6.45, 7) is 0.404. The van der Waals surface area contributed by atoms with Gasteiger partial charge in [-0.1, -0.05) is 17.7 Å². The van der Waals surface area contributed by atoms with E-state index in [9.17, 15) is 4.79 Å². The topological polar surface area (TPSA) is 49.3 Å². The van der Waals surface area contributed by atoms with Gasteiger partial charge in [-0.3, -0.25) is 0 Å². The number of hydrogen-bond acceptors (Lipinski definition) is 2. The highest BCUT2D eigenvalue weighted by molar-refractivity contribution is 7.17. The van der Waals surface area contributed by atoms with Crippen molar-refractivity contribution in [3.8, 4) is 0 Å². The predicted octanol–water partition coefficient (Wildman–Crippen LogP) is 3.36. The average molecular weight is 256 g/mol. The van der Waals surface area contributed by atoms with Crippen LogP contribution in [0.5, 0.6) is 0 Å². The minimum absolute atomic E-state index is 0.404. The van der Waals surface area contributed by atoms with Crippen LogP contribution in [-0.4, -0.2) is 17.7 Å². The molecule has 1 aromatic carbocycles. The Hall–Kier alpha value is -1.26. The van der Waals surface area contributed by atoms with E-state index in [-0.39, 0.29) is 0 Å². The second-order valence-electron chi connectivity index (χ2n) is 3.40. The van der Waals surface area contributed by atoms with Gasteiger partial charge in [0.05, 0.1) is 9.72 Å². The van der Waals surface area contributed by atoms with Gasteiger partial charge in [0.2, 0.25) is 0 Å². The zero-order valence-electron chi connectivity index (χ0n) is 8.37. The fraction of sp³-hybridized carbons (Fsp3) is 0.182. The fourth-order valence-electron chi connectivity index (χ4n) is 1.55. The molecule has 0 radical (unpaired) electrons. The number of carboxylic acid groups (broad SMARTS) is 1. The predicted molar refractivity (Wildman–Crippen MR) is 66.6 cm³/mol. The molecule has 0 aliphatic rings. The lowest BCUT2D eigenvalue weighted by molar-refractivity contribution is 0.194. The number of nitrogens with one attached hydrogen (secondary N) is 1. The molecule has 0 spiro atoms. The van der Waals surface area contributed by atoms with E-state index in [0.29, 0.717) is 13.0 Å². The molecule has 1 aromatic heterocycles. The lowest BCUT2D eigenvalue weighted by Crippen LogP contribution is -2.23. The van der Waals surface area contributed by atoms with Crippen LogP contribution in [0.25, 0.3) is 10.1 Å². The molecule has 0 aliphatic carbocycles. The fourth-order valence-corrected chi connectivity index (χ4v) is 2.72. The second kappa shape index (κ2) is 4.72. The summed E-state index contributed by atoms with van der Waals surface area (Å²) in [5, 5.41) is 14.6. The number of rotatable bonds is 3. The Kier molecular flexibility index (Phi) is 3.31. The third-order valence-electron chi connectivity index (χ3n) is 2.26. The van der Waals surface area contributed by atoms with E-state index in [0.717, 1.165) is 20.7 Å². The van der Waals surface area contributed by atoms with Crippen molar-refractivity contribution in [2.45, 2.75) is 6.42 Å². The van der Waals surface area contributed by atoms with Crippen LogP contribution in [0.15, 0.2) is 23.6 Å². The van der Waals surface area contributed by atoms with E-state index < -0.39 is 6.09 Å². The minimum atomic E-state index is -0.997. The molecular weight excluding hydrogens is 246 g/mol. The van der Waals surface area contributed by atoms with Crippen LogP contribution in [-0.2, 0) is 6.42 Å². The molecule has 3 nitrogen and oxygen atoms in total. The van der Waals surface area contributed by atoms with E-state index in [2.05, 4.69) is 5.32 Å². The molecule has 0 saturated heterocycles. The van der Waals surface area contributed by atoms with E-state index in [4.69, 9.17) is 16.7 Å². The van der Waals surface area contributed by atoms with Crippen molar-refractivity contribution < 1.29 is 9.90 Å². The molecule has 0 unspecified atom stereocenters. The van der Waals surface area contributed by atoms with Gasteiger partial charge in [0, 0.05) is 6.54 Å². The van der Waals surface area contributed by atoms with Gasteiger partial charge in [-0.05, 0) is 34.9 Å².